The minimum absolute atomic E-state index is 0.0539. The second-order valence-electron chi connectivity index (χ2n) is 3.66. The second kappa shape index (κ2) is 5.48. The van der Waals surface area contributed by atoms with E-state index in [-0.39, 0.29) is 15.6 Å². The summed E-state index contributed by atoms with van der Waals surface area (Å²) in [4.78, 5) is -0.111. The van der Waals surface area contributed by atoms with Gasteiger partial charge in [-0.05, 0) is 30.3 Å². The van der Waals surface area contributed by atoms with E-state index in [9.17, 15) is 12.8 Å². The van der Waals surface area contributed by atoms with E-state index in [4.69, 9.17) is 11.6 Å². The maximum atomic E-state index is 13.4. The van der Waals surface area contributed by atoms with Crippen molar-refractivity contribution in [2.24, 2.45) is 0 Å². The molecule has 0 aliphatic heterocycles. The van der Waals surface area contributed by atoms with Crippen LogP contribution in [0.15, 0.2) is 51.8 Å². The molecule has 0 heterocycles. The Labute approximate surface area is 123 Å². The van der Waals surface area contributed by atoms with Crippen molar-refractivity contribution in [1.82, 2.24) is 0 Å². The molecule has 0 spiro atoms. The molecule has 100 valence electrons. The molecule has 19 heavy (non-hydrogen) atoms. The molecule has 2 aromatic rings. The van der Waals surface area contributed by atoms with E-state index < -0.39 is 15.8 Å². The Morgan fingerprint density at radius 2 is 1.84 bits per heavy atom. The Hall–Kier alpha value is -1.11. The topological polar surface area (TPSA) is 46.2 Å². The first-order valence-corrected chi connectivity index (χ1v) is 7.78. The largest absolute Gasteiger partial charge is 0.277 e. The van der Waals surface area contributed by atoms with Crippen LogP contribution in [0.2, 0.25) is 5.02 Å². The molecule has 0 unspecified atom stereocenters. The average Bonchev–Trinajstić information content (AvgIpc) is 2.31. The van der Waals surface area contributed by atoms with Crippen molar-refractivity contribution in [2.45, 2.75) is 4.90 Å². The minimum Gasteiger partial charge on any atom is -0.277 e. The van der Waals surface area contributed by atoms with Crippen LogP contribution >= 0.6 is 27.5 Å². The van der Waals surface area contributed by atoms with Gasteiger partial charge >= 0.3 is 0 Å². The van der Waals surface area contributed by atoms with Crippen LogP contribution in [-0.2, 0) is 10.0 Å². The number of hydrogen-bond donors (Lipinski definition) is 1. The molecular formula is C12H8BrClFNO2S. The first-order chi connectivity index (χ1) is 8.90. The monoisotopic (exact) mass is 363 g/mol. The van der Waals surface area contributed by atoms with E-state index in [2.05, 4.69) is 20.7 Å². The molecule has 2 aromatic carbocycles. The summed E-state index contributed by atoms with van der Waals surface area (Å²) in [5, 5.41) is 0.0539. The van der Waals surface area contributed by atoms with Gasteiger partial charge in [-0.1, -0.05) is 39.7 Å². The first kappa shape index (κ1) is 14.3. The van der Waals surface area contributed by atoms with E-state index in [1.54, 1.807) is 6.07 Å². The number of halogens is 3. The molecule has 0 radical (unpaired) electrons. The van der Waals surface area contributed by atoms with E-state index in [0.29, 0.717) is 4.47 Å². The molecule has 0 atom stereocenters. The normalized spacial score (nSPS) is 11.3. The van der Waals surface area contributed by atoms with Crippen molar-refractivity contribution >= 4 is 43.2 Å². The summed E-state index contributed by atoms with van der Waals surface area (Å²) in [5.74, 6) is -0.653. The maximum Gasteiger partial charge on any atom is 0.263 e. The van der Waals surface area contributed by atoms with Crippen LogP contribution in [0.3, 0.4) is 0 Å². The number of para-hydroxylation sites is 1. The summed E-state index contributed by atoms with van der Waals surface area (Å²) in [6.07, 6.45) is 0. The lowest BCUT2D eigenvalue weighted by molar-refractivity contribution is 0.598. The van der Waals surface area contributed by atoms with Crippen LogP contribution in [-0.4, -0.2) is 8.42 Å². The van der Waals surface area contributed by atoms with Gasteiger partial charge in [-0.15, -0.1) is 0 Å². The van der Waals surface area contributed by atoms with Gasteiger partial charge in [-0.2, -0.15) is 0 Å². The van der Waals surface area contributed by atoms with Gasteiger partial charge < -0.3 is 0 Å². The minimum atomic E-state index is -3.93. The fourth-order valence-electron chi connectivity index (χ4n) is 1.44. The van der Waals surface area contributed by atoms with Gasteiger partial charge in [0, 0.05) is 4.47 Å². The van der Waals surface area contributed by atoms with Crippen molar-refractivity contribution in [3.05, 3.63) is 57.8 Å². The van der Waals surface area contributed by atoms with Crippen molar-refractivity contribution in [3.63, 3.8) is 0 Å². The highest BCUT2D eigenvalue weighted by Gasteiger charge is 2.19. The van der Waals surface area contributed by atoms with Gasteiger partial charge in [0.15, 0.2) is 0 Å². The number of rotatable bonds is 3. The molecule has 2 rings (SSSR count). The van der Waals surface area contributed by atoms with Crippen molar-refractivity contribution < 1.29 is 12.8 Å². The van der Waals surface area contributed by atoms with Gasteiger partial charge in [0.25, 0.3) is 10.0 Å². The number of benzene rings is 2. The molecule has 0 bridgehead atoms. The lowest BCUT2D eigenvalue weighted by Crippen LogP contribution is -2.14. The predicted octanol–water partition coefficient (Wildman–Crippen LogP) is 4.04. The average molecular weight is 365 g/mol. The van der Waals surface area contributed by atoms with Crippen molar-refractivity contribution in [2.75, 3.05) is 4.72 Å². The number of sulfonamides is 1. The Bertz CT molecular complexity index is 721. The fraction of sp³-hybridized carbons (Fsp3) is 0. The highest BCUT2D eigenvalue weighted by molar-refractivity contribution is 9.10. The predicted molar refractivity (Wildman–Crippen MR) is 76.4 cm³/mol. The van der Waals surface area contributed by atoms with Gasteiger partial charge in [0.05, 0.1) is 10.7 Å². The summed E-state index contributed by atoms with van der Waals surface area (Å²) >= 11 is 9.06. The van der Waals surface area contributed by atoms with Crippen LogP contribution < -0.4 is 4.72 Å². The Balaban J connectivity index is 2.41. The summed E-state index contributed by atoms with van der Waals surface area (Å²) < 4.78 is 40.5. The second-order valence-corrected chi connectivity index (χ2v) is 6.63. The fourth-order valence-corrected chi connectivity index (χ4v) is 3.54. The van der Waals surface area contributed by atoms with Crippen LogP contribution in [0, 0.1) is 5.82 Å². The van der Waals surface area contributed by atoms with Crippen LogP contribution in [0.4, 0.5) is 10.1 Å². The zero-order chi connectivity index (χ0) is 14.0. The summed E-state index contributed by atoms with van der Waals surface area (Å²) in [6.45, 7) is 0. The molecule has 0 saturated heterocycles. The molecule has 3 nitrogen and oxygen atoms in total. The third-order valence-corrected chi connectivity index (χ3v) is 4.64. The first-order valence-electron chi connectivity index (χ1n) is 5.12. The highest BCUT2D eigenvalue weighted by atomic mass is 79.9. The van der Waals surface area contributed by atoms with Crippen LogP contribution in [0.5, 0.6) is 0 Å². The molecule has 0 fully saturated rings. The third kappa shape index (κ3) is 3.26. The Kier molecular flexibility index (Phi) is 4.13. The van der Waals surface area contributed by atoms with E-state index >= 15 is 0 Å². The smallest absolute Gasteiger partial charge is 0.263 e. The summed E-state index contributed by atoms with van der Waals surface area (Å²) in [5.41, 5.74) is -0.124. The van der Waals surface area contributed by atoms with Gasteiger partial charge in [0.2, 0.25) is 0 Å². The van der Waals surface area contributed by atoms with Gasteiger partial charge in [-0.3, -0.25) is 4.72 Å². The van der Waals surface area contributed by atoms with E-state index in [1.165, 1.54) is 36.4 Å². The van der Waals surface area contributed by atoms with Crippen LogP contribution in [0.25, 0.3) is 0 Å². The van der Waals surface area contributed by atoms with Gasteiger partial charge in [-0.25, -0.2) is 12.8 Å². The number of hydrogen-bond acceptors (Lipinski definition) is 2. The SMILES string of the molecule is O=S(=O)(Nc1ccccc1F)c1ccc(Br)cc1Cl. The Morgan fingerprint density at radius 1 is 1.16 bits per heavy atom. The molecule has 0 aliphatic carbocycles. The molecule has 0 amide bonds. The Morgan fingerprint density at radius 3 is 2.47 bits per heavy atom. The highest BCUT2D eigenvalue weighted by Crippen LogP contribution is 2.27. The van der Waals surface area contributed by atoms with E-state index in [0.717, 1.165) is 0 Å². The third-order valence-electron chi connectivity index (χ3n) is 2.30. The van der Waals surface area contributed by atoms with Gasteiger partial charge in [0.1, 0.15) is 10.7 Å². The van der Waals surface area contributed by atoms with E-state index in [1.807, 2.05) is 0 Å². The van der Waals surface area contributed by atoms with Crippen molar-refractivity contribution in [3.8, 4) is 0 Å². The maximum absolute atomic E-state index is 13.4. The summed E-state index contributed by atoms with van der Waals surface area (Å²) in [7, 11) is -3.93. The molecular weight excluding hydrogens is 357 g/mol. The van der Waals surface area contributed by atoms with Crippen LogP contribution in [0.1, 0.15) is 0 Å². The lowest BCUT2D eigenvalue weighted by atomic mass is 10.3. The standard InChI is InChI=1S/C12H8BrClFNO2S/c13-8-5-6-12(9(14)7-8)19(17,18)16-11-4-2-1-3-10(11)15/h1-7,16H. The van der Waals surface area contributed by atoms with Crippen molar-refractivity contribution in [1.29, 1.82) is 0 Å². The molecule has 0 aliphatic rings. The number of anilines is 1. The zero-order valence-electron chi connectivity index (χ0n) is 9.40. The molecule has 7 heteroatoms. The zero-order valence-corrected chi connectivity index (χ0v) is 12.6. The molecule has 0 aromatic heterocycles. The summed E-state index contributed by atoms with van der Waals surface area (Å²) in [6, 6.07) is 9.85. The molecule has 0 saturated carbocycles. The number of nitrogens with one attached hydrogen (secondary N) is 1. The molecule has 1 N–H and O–H groups in total. The lowest BCUT2D eigenvalue weighted by Gasteiger charge is -2.10. The quantitative estimate of drug-likeness (QED) is 0.893.